The first-order chi connectivity index (χ1) is 12.6. The van der Waals surface area contributed by atoms with E-state index in [1.807, 2.05) is 52.0 Å². The van der Waals surface area contributed by atoms with Gasteiger partial charge in [-0.15, -0.1) is 0 Å². The topological polar surface area (TPSA) is 71.0 Å². The van der Waals surface area contributed by atoms with Crippen LogP contribution in [0.15, 0.2) is 40.4 Å². The van der Waals surface area contributed by atoms with E-state index in [1.165, 1.54) is 0 Å². The van der Waals surface area contributed by atoms with E-state index in [4.69, 9.17) is 4.74 Å². The third-order valence-electron chi connectivity index (χ3n) is 4.66. The molecule has 0 radical (unpaired) electrons. The first-order valence-corrected chi connectivity index (χ1v) is 9.27. The van der Waals surface area contributed by atoms with Gasteiger partial charge in [-0.3, -0.25) is 9.79 Å². The minimum absolute atomic E-state index is 0.147. The Morgan fingerprint density at radius 3 is 2.70 bits per heavy atom. The van der Waals surface area contributed by atoms with Crippen molar-refractivity contribution in [1.82, 2.24) is 4.90 Å². The Hall–Kier alpha value is -2.63. The predicted octanol–water partition coefficient (Wildman–Crippen LogP) is 3.57. The molecular formula is C21H27N3O3. The molecule has 2 heterocycles. The number of anilines is 1. The fourth-order valence-corrected chi connectivity index (χ4v) is 3.42. The highest BCUT2D eigenvalue weighted by Gasteiger charge is 2.36. The minimum Gasteiger partial charge on any atom is -0.444 e. The lowest BCUT2D eigenvalue weighted by molar-refractivity contribution is -0.110. The molecule has 1 atom stereocenters. The van der Waals surface area contributed by atoms with Gasteiger partial charge >= 0.3 is 6.09 Å². The summed E-state index contributed by atoms with van der Waals surface area (Å²) in [6.45, 7) is 11.0. The van der Waals surface area contributed by atoms with Gasteiger partial charge < -0.3 is 15.0 Å². The monoisotopic (exact) mass is 369 g/mol. The van der Waals surface area contributed by atoms with Gasteiger partial charge in [-0.2, -0.15) is 0 Å². The van der Waals surface area contributed by atoms with Crippen molar-refractivity contribution in [3.05, 3.63) is 41.0 Å². The molecule has 3 rings (SSSR count). The Balaban J connectivity index is 1.76. The number of rotatable bonds is 2. The van der Waals surface area contributed by atoms with Crippen LogP contribution in [0.4, 0.5) is 10.5 Å². The number of nitrogens with zero attached hydrogens (tertiary/aromatic N) is 2. The minimum atomic E-state index is -0.551. The average molecular weight is 369 g/mol. The molecule has 0 saturated heterocycles. The molecule has 6 nitrogen and oxygen atoms in total. The largest absolute Gasteiger partial charge is 0.444 e. The van der Waals surface area contributed by atoms with Gasteiger partial charge in [0.1, 0.15) is 11.3 Å². The Morgan fingerprint density at radius 2 is 2.04 bits per heavy atom. The van der Waals surface area contributed by atoms with Crippen LogP contribution in [-0.2, 0) is 9.53 Å². The Bertz CT molecular complexity index is 833. The number of aliphatic imine (C=N–C) groups is 1. The lowest BCUT2D eigenvalue weighted by Crippen LogP contribution is -2.44. The molecule has 1 aromatic rings. The van der Waals surface area contributed by atoms with Crippen molar-refractivity contribution < 1.29 is 14.3 Å². The Morgan fingerprint density at radius 1 is 1.30 bits per heavy atom. The summed E-state index contributed by atoms with van der Waals surface area (Å²) in [5.74, 6) is -0.0851. The second kappa shape index (κ2) is 7.18. The Labute approximate surface area is 160 Å². The fraction of sp³-hybridized carbons (Fsp3) is 0.476. The van der Waals surface area contributed by atoms with Gasteiger partial charge in [0.2, 0.25) is 0 Å². The number of nitrogens with one attached hydrogen (secondary N) is 1. The van der Waals surface area contributed by atoms with Crippen molar-refractivity contribution >= 4 is 23.4 Å². The molecule has 27 heavy (non-hydrogen) atoms. The SMILES string of the molecule is Cc1cccc(NC(=O)C2=NCC3=C2CN(C(=O)OC(C)(C)C)CC3C)c1. The van der Waals surface area contributed by atoms with Gasteiger partial charge in [0.05, 0.1) is 13.1 Å². The van der Waals surface area contributed by atoms with E-state index in [1.54, 1.807) is 4.90 Å². The van der Waals surface area contributed by atoms with E-state index in [-0.39, 0.29) is 17.9 Å². The third-order valence-corrected chi connectivity index (χ3v) is 4.66. The number of amides is 2. The molecule has 0 fully saturated rings. The van der Waals surface area contributed by atoms with Crippen LogP contribution in [0.25, 0.3) is 0 Å². The van der Waals surface area contributed by atoms with Crippen LogP contribution >= 0.6 is 0 Å². The summed E-state index contributed by atoms with van der Waals surface area (Å²) in [6, 6.07) is 7.65. The van der Waals surface area contributed by atoms with Gasteiger partial charge in [0.15, 0.2) is 0 Å². The van der Waals surface area contributed by atoms with Crippen molar-refractivity contribution in [2.45, 2.75) is 40.2 Å². The lowest BCUT2D eigenvalue weighted by atomic mass is 9.90. The molecule has 1 aromatic carbocycles. The third kappa shape index (κ3) is 4.38. The van der Waals surface area contributed by atoms with E-state index in [0.29, 0.717) is 25.3 Å². The van der Waals surface area contributed by atoms with Gasteiger partial charge in [0, 0.05) is 17.8 Å². The summed E-state index contributed by atoms with van der Waals surface area (Å²) >= 11 is 0. The van der Waals surface area contributed by atoms with E-state index >= 15 is 0 Å². The summed E-state index contributed by atoms with van der Waals surface area (Å²) < 4.78 is 5.50. The molecule has 1 unspecified atom stereocenters. The number of hydrogen-bond donors (Lipinski definition) is 1. The zero-order valence-corrected chi connectivity index (χ0v) is 16.6. The maximum atomic E-state index is 12.8. The molecule has 2 aliphatic heterocycles. The van der Waals surface area contributed by atoms with Crippen molar-refractivity contribution in [1.29, 1.82) is 0 Å². The predicted molar refractivity (Wildman–Crippen MR) is 106 cm³/mol. The summed E-state index contributed by atoms with van der Waals surface area (Å²) in [4.78, 5) is 31.4. The second-order valence-electron chi connectivity index (χ2n) is 8.25. The van der Waals surface area contributed by atoms with Crippen molar-refractivity contribution in [2.75, 3.05) is 25.0 Å². The normalized spacial score (nSPS) is 19.5. The Kier molecular flexibility index (Phi) is 5.09. The molecule has 0 bridgehead atoms. The van der Waals surface area contributed by atoms with Gasteiger partial charge in [0.25, 0.3) is 5.91 Å². The maximum absolute atomic E-state index is 12.8. The smallest absolute Gasteiger partial charge is 0.410 e. The van der Waals surface area contributed by atoms with E-state index in [9.17, 15) is 9.59 Å². The van der Waals surface area contributed by atoms with E-state index in [0.717, 1.165) is 22.4 Å². The van der Waals surface area contributed by atoms with Crippen LogP contribution in [0.3, 0.4) is 0 Å². The molecule has 6 heteroatoms. The maximum Gasteiger partial charge on any atom is 0.410 e. The molecular weight excluding hydrogens is 342 g/mol. The number of carbonyl (C=O) groups excluding carboxylic acids is 2. The quantitative estimate of drug-likeness (QED) is 0.866. The molecule has 0 aliphatic carbocycles. The lowest BCUT2D eigenvalue weighted by Gasteiger charge is -2.34. The van der Waals surface area contributed by atoms with Crippen LogP contribution < -0.4 is 5.32 Å². The fourth-order valence-electron chi connectivity index (χ4n) is 3.42. The highest BCUT2D eigenvalue weighted by Crippen LogP contribution is 2.30. The number of hydrogen-bond acceptors (Lipinski definition) is 4. The standard InChI is InChI=1S/C21H27N3O3/c1-13-7-6-8-15(9-13)23-19(25)18-17-12-24(20(26)27-21(3,4)5)11-14(2)16(17)10-22-18/h6-9,14H,10-12H2,1-5H3,(H,23,25). The number of aryl methyl sites for hydroxylation is 1. The number of ether oxygens (including phenoxy) is 1. The van der Waals surface area contributed by atoms with Gasteiger partial charge in [-0.1, -0.05) is 19.1 Å². The van der Waals surface area contributed by atoms with Crippen LogP contribution in [0, 0.1) is 12.8 Å². The number of carbonyl (C=O) groups is 2. The molecule has 2 amide bonds. The van der Waals surface area contributed by atoms with Crippen molar-refractivity contribution in [2.24, 2.45) is 10.9 Å². The van der Waals surface area contributed by atoms with Gasteiger partial charge in [-0.05, 0) is 56.9 Å². The van der Waals surface area contributed by atoms with Gasteiger partial charge in [-0.25, -0.2) is 4.79 Å². The first-order valence-electron chi connectivity index (χ1n) is 9.27. The average Bonchev–Trinajstić information content (AvgIpc) is 2.98. The van der Waals surface area contributed by atoms with Crippen molar-refractivity contribution in [3.63, 3.8) is 0 Å². The molecule has 0 saturated carbocycles. The molecule has 0 spiro atoms. The summed E-state index contributed by atoms with van der Waals surface area (Å²) in [6.07, 6.45) is -0.355. The number of benzene rings is 1. The highest BCUT2D eigenvalue weighted by atomic mass is 16.6. The zero-order valence-electron chi connectivity index (χ0n) is 16.6. The summed E-state index contributed by atoms with van der Waals surface area (Å²) in [7, 11) is 0. The van der Waals surface area contributed by atoms with Crippen LogP contribution in [0.5, 0.6) is 0 Å². The van der Waals surface area contributed by atoms with Crippen molar-refractivity contribution in [3.8, 4) is 0 Å². The zero-order chi connectivity index (χ0) is 19.8. The highest BCUT2D eigenvalue weighted by molar-refractivity contribution is 6.49. The summed E-state index contributed by atoms with van der Waals surface area (Å²) in [5.41, 5.74) is 3.68. The molecule has 2 aliphatic rings. The van der Waals surface area contributed by atoms with Crippen LogP contribution in [-0.4, -0.2) is 47.8 Å². The van der Waals surface area contributed by atoms with E-state index < -0.39 is 5.60 Å². The molecule has 0 aromatic heterocycles. The molecule has 144 valence electrons. The second-order valence-corrected chi connectivity index (χ2v) is 8.25. The van der Waals surface area contributed by atoms with Crippen LogP contribution in [0.1, 0.15) is 33.3 Å². The first kappa shape index (κ1) is 19.1. The van der Waals surface area contributed by atoms with E-state index in [2.05, 4.69) is 17.2 Å². The van der Waals surface area contributed by atoms with Crippen LogP contribution in [0.2, 0.25) is 0 Å². The summed E-state index contributed by atoms with van der Waals surface area (Å²) in [5, 5.41) is 2.92. The molecule has 1 N–H and O–H groups in total.